The standard InChI is InChI=1S/C7H16N2/c1-7(2,5-8)9-6-3-4-6/h6,9H,3-5,8H2,1-2H3. The van der Waals surface area contributed by atoms with Gasteiger partial charge in [0.2, 0.25) is 0 Å². The highest BCUT2D eigenvalue weighted by molar-refractivity contribution is 4.90. The molecule has 2 nitrogen and oxygen atoms in total. The van der Waals surface area contributed by atoms with Gasteiger partial charge in [0.05, 0.1) is 0 Å². The molecule has 1 aliphatic rings. The van der Waals surface area contributed by atoms with E-state index in [0.29, 0.717) is 0 Å². The lowest BCUT2D eigenvalue weighted by atomic mass is 10.1. The molecular weight excluding hydrogens is 112 g/mol. The molecule has 0 unspecified atom stereocenters. The van der Waals surface area contributed by atoms with E-state index in [2.05, 4.69) is 19.2 Å². The highest BCUT2D eigenvalue weighted by Gasteiger charge is 2.27. The van der Waals surface area contributed by atoms with Gasteiger partial charge in [0.1, 0.15) is 0 Å². The van der Waals surface area contributed by atoms with Crippen LogP contribution in [0.25, 0.3) is 0 Å². The maximum Gasteiger partial charge on any atom is 0.0249 e. The lowest BCUT2D eigenvalue weighted by molar-refractivity contribution is 0.395. The Morgan fingerprint density at radius 1 is 1.56 bits per heavy atom. The molecule has 0 aromatic rings. The average molecular weight is 128 g/mol. The monoisotopic (exact) mass is 128 g/mol. The summed E-state index contributed by atoms with van der Waals surface area (Å²) in [5.41, 5.74) is 5.67. The van der Waals surface area contributed by atoms with Gasteiger partial charge in [0, 0.05) is 18.1 Å². The van der Waals surface area contributed by atoms with Crippen molar-refractivity contribution in [3.05, 3.63) is 0 Å². The molecule has 1 fully saturated rings. The van der Waals surface area contributed by atoms with Gasteiger partial charge in [0.15, 0.2) is 0 Å². The quantitative estimate of drug-likeness (QED) is 0.580. The van der Waals surface area contributed by atoms with Gasteiger partial charge in [-0.2, -0.15) is 0 Å². The average Bonchev–Trinajstić information content (AvgIpc) is 2.50. The largest absolute Gasteiger partial charge is 0.329 e. The molecule has 0 aliphatic heterocycles. The molecule has 0 bridgehead atoms. The van der Waals surface area contributed by atoms with E-state index in [1.165, 1.54) is 12.8 Å². The second-order valence-corrected chi connectivity index (χ2v) is 3.51. The van der Waals surface area contributed by atoms with E-state index in [9.17, 15) is 0 Å². The van der Waals surface area contributed by atoms with Crippen molar-refractivity contribution in [3.63, 3.8) is 0 Å². The molecular formula is C7H16N2. The van der Waals surface area contributed by atoms with Gasteiger partial charge >= 0.3 is 0 Å². The molecule has 0 aromatic carbocycles. The molecule has 0 saturated heterocycles. The Morgan fingerprint density at radius 2 is 2.11 bits per heavy atom. The molecule has 0 spiro atoms. The van der Waals surface area contributed by atoms with Crippen LogP contribution < -0.4 is 11.1 Å². The van der Waals surface area contributed by atoms with Crippen LogP contribution in [0, 0.1) is 0 Å². The van der Waals surface area contributed by atoms with Crippen molar-refractivity contribution >= 4 is 0 Å². The van der Waals surface area contributed by atoms with E-state index < -0.39 is 0 Å². The predicted molar refractivity (Wildman–Crippen MR) is 39.3 cm³/mol. The van der Waals surface area contributed by atoms with E-state index in [4.69, 9.17) is 5.73 Å². The van der Waals surface area contributed by atoms with Crippen LogP contribution in [0.4, 0.5) is 0 Å². The minimum atomic E-state index is 0.154. The molecule has 0 atom stereocenters. The number of nitrogens with one attached hydrogen (secondary N) is 1. The van der Waals surface area contributed by atoms with Crippen LogP contribution in [0.5, 0.6) is 0 Å². The van der Waals surface area contributed by atoms with E-state index in [-0.39, 0.29) is 5.54 Å². The topological polar surface area (TPSA) is 38.0 Å². The zero-order valence-electron chi connectivity index (χ0n) is 6.28. The van der Waals surface area contributed by atoms with Gasteiger partial charge in [0.25, 0.3) is 0 Å². The fraction of sp³-hybridized carbons (Fsp3) is 1.00. The lowest BCUT2D eigenvalue weighted by Gasteiger charge is -2.23. The van der Waals surface area contributed by atoms with E-state index >= 15 is 0 Å². The summed E-state index contributed by atoms with van der Waals surface area (Å²) in [5.74, 6) is 0. The number of hydrogen-bond acceptors (Lipinski definition) is 2. The van der Waals surface area contributed by atoms with Gasteiger partial charge in [-0.3, -0.25) is 0 Å². The van der Waals surface area contributed by atoms with Gasteiger partial charge in [-0.25, -0.2) is 0 Å². The van der Waals surface area contributed by atoms with Gasteiger partial charge < -0.3 is 11.1 Å². The Bertz CT molecular complexity index is 95.1. The first kappa shape index (κ1) is 7.03. The van der Waals surface area contributed by atoms with Crippen LogP contribution in [0.3, 0.4) is 0 Å². The maximum absolute atomic E-state index is 5.52. The summed E-state index contributed by atoms with van der Waals surface area (Å²) in [5, 5.41) is 3.45. The summed E-state index contributed by atoms with van der Waals surface area (Å²) >= 11 is 0. The van der Waals surface area contributed by atoms with Crippen LogP contribution in [-0.2, 0) is 0 Å². The third-order valence-electron chi connectivity index (χ3n) is 1.68. The third kappa shape index (κ3) is 2.33. The van der Waals surface area contributed by atoms with Crippen LogP contribution in [0.1, 0.15) is 26.7 Å². The van der Waals surface area contributed by atoms with Gasteiger partial charge in [-0.1, -0.05) is 0 Å². The van der Waals surface area contributed by atoms with Crippen molar-refractivity contribution < 1.29 is 0 Å². The predicted octanol–water partition coefficient (Wildman–Crippen LogP) is 0.476. The molecule has 0 heterocycles. The molecule has 1 saturated carbocycles. The summed E-state index contributed by atoms with van der Waals surface area (Å²) in [6, 6.07) is 0.767. The maximum atomic E-state index is 5.52. The lowest BCUT2D eigenvalue weighted by Crippen LogP contribution is -2.46. The smallest absolute Gasteiger partial charge is 0.0249 e. The van der Waals surface area contributed by atoms with E-state index in [0.717, 1.165) is 12.6 Å². The summed E-state index contributed by atoms with van der Waals surface area (Å²) in [6.07, 6.45) is 2.67. The second kappa shape index (κ2) is 2.27. The van der Waals surface area contributed by atoms with Crippen LogP contribution in [-0.4, -0.2) is 18.1 Å². The zero-order valence-corrected chi connectivity index (χ0v) is 6.28. The van der Waals surface area contributed by atoms with Crippen molar-refractivity contribution in [2.24, 2.45) is 5.73 Å². The van der Waals surface area contributed by atoms with Crippen molar-refractivity contribution in [2.45, 2.75) is 38.3 Å². The van der Waals surface area contributed by atoms with Gasteiger partial charge in [-0.15, -0.1) is 0 Å². The van der Waals surface area contributed by atoms with Crippen molar-refractivity contribution in [1.82, 2.24) is 5.32 Å². The first-order valence-corrected chi connectivity index (χ1v) is 3.62. The van der Waals surface area contributed by atoms with Crippen LogP contribution >= 0.6 is 0 Å². The molecule has 1 aliphatic carbocycles. The normalized spacial score (nSPS) is 20.3. The Balaban J connectivity index is 2.21. The van der Waals surface area contributed by atoms with Crippen LogP contribution in [0.2, 0.25) is 0 Å². The fourth-order valence-corrected chi connectivity index (χ4v) is 0.839. The Labute approximate surface area is 56.8 Å². The molecule has 2 heteroatoms. The highest BCUT2D eigenvalue weighted by Crippen LogP contribution is 2.21. The van der Waals surface area contributed by atoms with E-state index in [1.54, 1.807) is 0 Å². The highest BCUT2D eigenvalue weighted by atomic mass is 15.0. The van der Waals surface area contributed by atoms with Gasteiger partial charge in [-0.05, 0) is 26.7 Å². The molecule has 54 valence electrons. The van der Waals surface area contributed by atoms with Crippen molar-refractivity contribution in [2.75, 3.05) is 6.54 Å². The zero-order chi connectivity index (χ0) is 6.91. The van der Waals surface area contributed by atoms with Crippen molar-refractivity contribution in [1.29, 1.82) is 0 Å². The molecule has 0 amide bonds. The Morgan fingerprint density at radius 3 is 2.44 bits per heavy atom. The number of nitrogens with two attached hydrogens (primary N) is 1. The number of hydrogen-bond donors (Lipinski definition) is 2. The third-order valence-corrected chi connectivity index (χ3v) is 1.68. The summed E-state index contributed by atoms with van der Waals surface area (Å²) in [4.78, 5) is 0. The number of rotatable bonds is 3. The molecule has 3 N–H and O–H groups in total. The summed E-state index contributed by atoms with van der Waals surface area (Å²) in [7, 11) is 0. The SMILES string of the molecule is CC(C)(CN)NC1CC1. The van der Waals surface area contributed by atoms with E-state index in [1.807, 2.05) is 0 Å². The summed E-state index contributed by atoms with van der Waals surface area (Å²) in [6.45, 7) is 5.01. The first-order valence-electron chi connectivity index (χ1n) is 3.62. The van der Waals surface area contributed by atoms with Crippen molar-refractivity contribution in [3.8, 4) is 0 Å². The van der Waals surface area contributed by atoms with Crippen LogP contribution in [0.15, 0.2) is 0 Å². The molecule has 1 rings (SSSR count). The first-order chi connectivity index (χ1) is 4.14. The molecule has 9 heavy (non-hydrogen) atoms. The molecule has 0 aromatic heterocycles. The minimum Gasteiger partial charge on any atom is -0.329 e. The summed E-state index contributed by atoms with van der Waals surface area (Å²) < 4.78 is 0. The molecule has 0 radical (unpaired) electrons. The Kier molecular flexibility index (Phi) is 1.78. The fourth-order valence-electron chi connectivity index (χ4n) is 0.839. The Hall–Kier alpha value is -0.0800. The second-order valence-electron chi connectivity index (χ2n) is 3.51. The minimum absolute atomic E-state index is 0.154.